The Morgan fingerprint density at radius 1 is 0.793 bits per heavy atom. The molecule has 0 aliphatic heterocycles. The van der Waals surface area contributed by atoms with Crippen molar-refractivity contribution >= 4 is 21.7 Å². The highest BCUT2D eigenvalue weighted by molar-refractivity contribution is 6.11. The Kier molecular flexibility index (Phi) is 4.41. The highest BCUT2D eigenvalue weighted by Gasteiger charge is 2.33. The number of aromatic hydroxyl groups is 1. The maximum absolute atomic E-state index is 10.5. The third kappa shape index (κ3) is 2.78. The topological polar surface area (TPSA) is 60.8 Å². The lowest BCUT2D eigenvalue weighted by Crippen LogP contribution is -2.28. The quantitative estimate of drug-likeness (QED) is 0.633. The number of fused-ring (bicyclic) bond motifs is 7. The van der Waals surface area contributed by atoms with Crippen LogP contribution in [0.3, 0.4) is 0 Å². The molecule has 1 heterocycles. The predicted octanol–water partition coefficient (Wildman–Crippen LogP) is 5.02. The highest BCUT2D eigenvalue weighted by Crippen LogP contribution is 2.47. The number of hydrogen-bond donors (Lipinski definition) is 1. The number of benzene rings is 2. The number of aromatic nitrogens is 1. The van der Waals surface area contributed by atoms with Gasteiger partial charge in [-0.05, 0) is 77.6 Å². The van der Waals surface area contributed by atoms with Crippen LogP contribution < -0.4 is 14.2 Å². The average molecular weight is 393 g/mol. The number of hydrogen-bond acceptors (Lipinski definition) is 5. The van der Waals surface area contributed by atoms with Gasteiger partial charge in [-0.3, -0.25) is 0 Å². The average Bonchev–Trinajstić information content (AvgIpc) is 2.76. The normalized spacial score (nSPS) is 20.9. The standard InChI is InChI=1S/C24H27NO4/c1-27-21-11-17-16(10-20(21)26)15-8-13-6-4-5-7-14(13)9-18(15)23-19(17)12-22(28-2)24(25-23)29-3/h10-14,26H,4-9H2,1-3H3. The summed E-state index contributed by atoms with van der Waals surface area (Å²) in [5.74, 6) is 3.22. The molecule has 5 rings (SSSR count). The van der Waals surface area contributed by atoms with E-state index < -0.39 is 0 Å². The van der Waals surface area contributed by atoms with E-state index in [1.165, 1.54) is 36.8 Å². The Balaban J connectivity index is 1.88. The summed E-state index contributed by atoms with van der Waals surface area (Å²) in [6.07, 6.45) is 7.33. The number of phenolic OH excluding ortho intramolecular Hbond substituents is 1. The van der Waals surface area contributed by atoms with Gasteiger partial charge in [-0.2, -0.15) is 0 Å². The van der Waals surface area contributed by atoms with Crippen molar-refractivity contribution in [1.29, 1.82) is 0 Å². The van der Waals surface area contributed by atoms with Crippen LogP contribution in [0.15, 0.2) is 18.2 Å². The Hall–Kier alpha value is -2.69. The Labute approximate surface area is 170 Å². The maximum atomic E-state index is 10.5. The van der Waals surface area contributed by atoms with Gasteiger partial charge in [0.25, 0.3) is 5.88 Å². The summed E-state index contributed by atoms with van der Waals surface area (Å²) in [5.41, 5.74) is 3.62. The number of methoxy groups -OCH3 is 3. The summed E-state index contributed by atoms with van der Waals surface area (Å²) >= 11 is 0. The van der Waals surface area contributed by atoms with E-state index >= 15 is 0 Å². The number of ether oxygens (including phenoxy) is 3. The lowest BCUT2D eigenvalue weighted by Gasteiger charge is -2.37. The van der Waals surface area contributed by atoms with E-state index in [2.05, 4.69) is 0 Å². The van der Waals surface area contributed by atoms with E-state index in [1.54, 1.807) is 21.3 Å². The molecular formula is C24H27NO4. The highest BCUT2D eigenvalue weighted by atomic mass is 16.5. The van der Waals surface area contributed by atoms with E-state index in [4.69, 9.17) is 19.2 Å². The first-order chi connectivity index (χ1) is 14.1. The zero-order valence-corrected chi connectivity index (χ0v) is 17.2. The number of nitrogens with zero attached hydrogens (tertiary/aromatic N) is 1. The molecule has 5 heteroatoms. The fourth-order valence-electron chi connectivity index (χ4n) is 5.52. The molecule has 0 amide bonds. The summed E-state index contributed by atoms with van der Waals surface area (Å²) in [7, 11) is 4.84. The van der Waals surface area contributed by atoms with Gasteiger partial charge in [0, 0.05) is 5.39 Å². The maximum Gasteiger partial charge on any atom is 0.257 e. The van der Waals surface area contributed by atoms with Crippen LogP contribution in [0.5, 0.6) is 23.1 Å². The smallest absolute Gasteiger partial charge is 0.257 e. The van der Waals surface area contributed by atoms with Crippen molar-refractivity contribution in [3.8, 4) is 23.1 Å². The van der Waals surface area contributed by atoms with Crippen molar-refractivity contribution < 1.29 is 19.3 Å². The molecule has 3 aromatic rings. The molecule has 0 bridgehead atoms. The van der Waals surface area contributed by atoms with Crippen molar-refractivity contribution in [2.75, 3.05) is 21.3 Å². The van der Waals surface area contributed by atoms with Crippen molar-refractivity contribution in [3.63, 3.8) is 0 Å². The van der Waals surface area contributed by atoms with Crippen molar-refractivity contribution in [2.45, 2.75) is 38.5 Å². The molecule has 29 heavy (non-hydrogen) atoms. The zero-order chi connectivity index (χ0) is 20.1. The molecule has 0 radical (unpaired) electrons. The minimum atomic E-state index is 0.181. The Morgan fingerprint density at radius 3 is 2.10 bits per heavy atom. The van der Waals surface area contributed by atoms with Crippen LogP contribution in [0.4, 0.5) is 0 Å². The monoisotopic (exact) mass is 393 g/mol. The van der Waals surface area contributed by atoms with Gasteiger partial charge in [-0.15, -0.1) is 0 Å². The first kappa shape index (κ1) is 18.3. The van der Waals surface area contributed by atoms with Gasteiger partial charge in [0.1, 0.15) is 0 Å². The fourth-order valence-corrected chi connectivity index (χ4v) is 5.52. The van der Waals surface area contributed by atoms with Crippen LogP contribution in [0.25, 0.3) is 21.7 Å². The van der Waals surface area contributed by atoms with Crippen LogP contribution >= 0.6 is 0 Å². The second kappa shape index (κ2) is 6.97. The van der Waals surface area contributed by atoms with Crippen LogP contribution in [-0.4, -0.2) is 31.4 Å². The summed E-state index contributed by atoms with van der Waals surface area (Å²) < 4.78 is 16.5. The largest absolute Gasteiger partial charge is 0.504 e. The molecule has 1 saturated carbocycles. The molecule has 152 valence electrons. The molecule has 2 aliphatic rings. The molecule has 2 aliphatic carbocycles. The molecular weight excluding hydrogens is 366 g/mol. The second-order valence-corrected chi connectivity index (χ2v) is 8.34. The number of rotatable bonds is 3. The van der Waals surface area contributed by atoms with Gasteiger partial charge in [-0.25, -0.2) is 4.98 Å². The Morgan fingerprint density at radius 2 is 1.45 bits per heavy atom. The van der Waals surface area contributed by atoms with Crippen LogP contribution in [0, 0.1) is 11.8 Å². The predicted molar refractivity (Wildman–Crippen MR) is 113 cm³/mol. The van der Waals surface area contributed by atoms with Crippen molar-refractivity contribution in [1.82, 2.24) is 4.98 Å². The molecule has 0 saturated heterocycles. The van der Waals surface area contributed by atoms with Crippen LogP contribution in [0.2, 0.25) is 0 Å². The minimum absolute atomic E-state index is 0.181. The Bertz CT molecular complexity index is 1110. The SMILES string of the molecule is COc1cc2c(cc1O)c1c(c3nc(OC)c(OC)cc32)CC2CCCCC2C1. The van der Waals surface area contributed by atoms with Crippen molar-refractivity contribution in [3.05, 3.63) is 29.3 Å². The van der Waals surface area contributed by atoms with Gasteiger partial charge in [0.2, 0.25) is 0 Å². The van der Waals surface area contributed by atoms with Gasteiger partial charge in [0.05, 0.1) is 26.8 Å². The number of pyridine rings is 1. The van der Waals surface area contributed by atoms with E-state index in [0.717, 1.165) is 46.4 Å². The molecule has 2 aromatic carbocycles. The molecule has 1 N–H and O–H groups in total. The van der Waals surface area contributed by atoms with E-state index in [0.29, 0.717) is 17.4 Å². The van der Waals surface area contributed by atoms with Gasteiger partial charge >= 0.3 is 0 Å². The van der Waals surface area contributed by atoms with Crippen molar-refractivity contribution in [2.24, 2.45) is 11.8 Å². The van der Waals surface area contributed by atoms with Gasteiger partial charge in [0.15, 0.2) is 17.2 Å². The summed E-state index contributed by atoms with van der Waals surface area (Å²) in [6.45, 7) is 0. The molecule has 1 fully saturated rings. The summed E-state index contributed by atoms with van der Waals surface area (Å²) in [5, 5.41) is 13.7. The van der Waals surface area contributed by atoms with Gasteiger partial charge < -0.3 is 19.3 Å². The fraction of sp³-hybridized carbons (Fsp3) is 0.458. The zero-order valence-electron chi connectivity index (χ0n) is 17.2. The molecule has 5 nitrogen and oxygen atoms in total. The summed E-state index contributed by atoms with van der Waals surface area (Å²) in [4.78, 5) is 4.89. The number of phenols is 1. The van der Waals surface area contributed by atoms with E-state index in [9.17, 15) is 5.11 Å². The van der Waals surface area contributed by atoms with E-state index in [-0.39, 0.29) is 5.75 Å². The van der Waals surface area contributed by atoms with E-state index in [1.807, 2.05) is 18.2 Å². The third-order valence-electron chi connectivity index (χ3n) is 6.95. The molecule has 0 spiro atoms. The lowest BCUT2D eigenvalue weighted by atomic mass is 9.67. The first-order valence-electron chi connectivity index (χ1n) is 10.4. The minimum Gasteiger partial charge on any atom is -0.504 e. The second-order valence-electron chi connectivity index (χ2n) is 8.34. The summed E-state index contributed by atoms with van der Waals surface area (Å²) in [6, 6.07) is 5.80. The lowest BCUT2D eigenvalue weighted by molar-refractivity contribution is 0.222. The molecule has 1 aromatic heterocycles. The molecule has 2 atom stereocenters. The molecule has 2 unspecified atom stereocenters. The van der Waals surface area contributed by atoms with Gasteiger partial charge in [-0.1, -0.05) is 12.8 Å². The first-order valence-corrected chi connectivity index (χ1v) is 10.4. The van der Waals surface area contributed by atoms with Crippen LogP contribution in [0.1, 0.15) is 36.8 Å². The third-order valence-corrected chi connectivity index (χ3v) is 6.95. The van der Waals surface area contributed by atoms with Crippen LogP contribution in [-0.2, 0) is 12.8 Å².